The highest BCUT2D eigenvalue weighted by atomic mass is 32.2. The second-order valence-electron chi connectivity index (χ2n) is 10.3. The number of H-pyrrole nitrogens is 1. The number of ether oxygens (including phenoxy) is 3. The lowest BCUT2D eigenvalue weighted by Crippen LogP contribution is -2.44. The van der Waals surface area contributed by atoms with Crippen molar-refractivity contribution in [2.45, 2.75) is 49.1 Å². The zero-order valence-corrected chi connectivity index (χ0v) is 25.0. The van der Waals surface area contributed by atoms with E-state index in [9.17, 15) is 22.7 Å². The number of phosphoric ester groups is 1. The van der Waals surface area contributed by atoms with Crippen LogP contribution in [0.15, 0.2) is 23.8 Å². The molecule has 46 heavy (non-hydrogen) atoms. The largest absolute Gasteiger partial charge is 0.472 e. The summed E-state index contributed by atoms with van der Waals surface area (Å²) in [5.74, 6) is -0.253. The normalized spacial score (nSPS) is 35.0. The predicted molar refractivity (Wildman–Crippen MR) is 148 cm³/mol. The number of aromatic nitrogens is 8. The van der Waals surface area contributed by atoms with Crippen molar-refractivity contribution in [1.82, 2.24) is 43.8 Å². The van der Waals surface area contributed by atoms with Crippen LogP contribution in [0.2, 0.25) is 0 Å². The van der Waals surface area contributed by atoms with Crippen molar-refractivity contribution in [2.24, 2.45) is 0 Å². The average molecular weight is 690 g/mol. The molecule has 0 saturated carbocycles. The number of nitrogens with two attached hydrogens (primary N) is 2. The first-order valence-electron chi connectivity index (χ1n) is 13.3. The van der Waals surface area contributed by atoms with Crippen LogP contribution in [0.25, 0.3) is 22.3 Å². The molecule has 3 aliphatic rings. The minimum atomic E-state index is -5.09. The van der Waals surface area contributed by atoms with E-state index in [0.29, 0.717) is 0 Å². The molecule has 3 aliphatic heterocycles. The average Bonchev–Trinajstić information content (AvgIpc) is 3.75. The van der Waals surface area contributed by atoms with Crippen molar-refractivity contribution in [3.63, 3.8) is 0 Å². The molecule has 4 aromatic rings. The van der Waals surface area contributed by atoms with Crippen molar-refractivity contribution in [1.29, 1.82) is 0 Å². The van der Waals surface area contributed by atoms with Crippen LogP contribution in [0.5, 0.6) is 0 Å². The molecule has 3 fully saturated rings. The van der Waals surface area contributed by atoms with Gasteiger partial charge in [0.25, 0.3) is 5.56 Å². The van der Waals surface area contributed by atoms with Gasteiger partial charge in [-0.2, -0.15) is 18.1 Å². The highest BCUT2D eigenvalue weighted by Crippen LogP contribution is 2.50. The maximum atomic E-state index is 16.0. The minimum absolute atomic E-state index is 0.00777. The monoisotopic (exact) mass is 689 g/mol. The van der Waals surface area contributed by atoms with Gasteiger partial charge in [-0.05, 0) is 0 Å². The molecule has 4 aromatic heterocycles. The summed E-state index contributed by atoms with van der Waals surface area (Å²) in [6, 6.07) is 0. The molecule has 0 radical (unpaired) electrons. The van der Waals surface area contributed by atoms with Crippen LogP contribution in [-0.2, 0) is 42.3 Å². The van der Waals surface area contributed by atoms with Crippen LogP contribution in [0.3, 0.4) is 0 Å². The Kier molecular flexibility index (Phi) is 7.54. The van der Waals surface area contributed by atoms with Crippen LogP contribution in [0.4, 0.5) is 16.2 Å². The molecule has 0 spiro atoms. The van der Waals surface area contributed by atoms with E-state index in [4.69, 9.17) is 38.9 Å². The maximum Gasteiger partial charge on any atom is 0.472 e. The van der Waals surface area contributed by atoms with Gasteiger partial charge in [0.05, 0.1) is 19.3 Å². The Balaban J connectivity index is 1.22. The number of halogens is 1. The summed E-state index contributed by atoms with van der Waals surface area (Å²) < 4.78 is 93.3. The van der Waals surface area contributed by atoms with Crippen LogP contribution >= 0.6 is 7.82 Å². The fourth-order valence-electron chi connectivity index (χ4n) is 5.56. The van der Waals surface area contributed by atoms with E-state index < -0.39 is 86.0 Å². The highest BCUT2D eigenvalue weighted by Gasteiger charge is 2.54. The zero-order chi connectivity index (χ0) is 32.5. The quantitative estimate of drug-likeness (QED) is 0.145. The van der Waals surface area contributed by atoms with E-state index in [1.807, 2.05) is 0 Å². The number of imidazole rings is 2. The third-order valence-electron chi connectivity index (χ3n) is 7.57. The van der Waals surface area contributed by atoms with E-state index >= 15 is 4.39 Å². The zero-order valence-electron chi connectivity index (χ0n) is 23.3. The molecule has 3 saturated heterocycles. The standard InChI is InChI=1S/C21H25FN11O11PS/c1-39-13-8-3-40-45(35,36)43-12-7(41-19(9(12)22)32-5-27-10-15(23)25-4-26-16(10)32)2-29-46(37,38)44-14(13)20(42-8)33-6-28-11-17(33)30-21(24)31-18(11)34/h4-9,12-14,19-20,29H,2-3H2,1H3,(H,35,36)(H2,23,25,26)(H3,24,30,31,34)/t7-,8-,9-,12-,13-,14-,19-,20-/m1/s1. The Bertz CT molecular complexity index is 2030. The summed E-state index contributed by atoms with van der Waals surface area (Å²) in [4.78, 5) is 45.3. The third-order valence-corrected chi connectivity index (χ3v) is 9.55. The molecule has 1 unspecified atom stereocenters. The van der Waals surface area contributed by atoms with Gasteiger partial charge in [0.2, 0.25) is 5.95 Å². The lowest BCUT2D eigenvalue weighted by atomic mass is 10.1. The Morgan fingerprint density at radius 3 is 2.54 bits per heavy atom. The fourth-order valence-corrected chi connectivity index (χ4v) is 7.45. The number of fused-ring (bicyclic) bond motifs is 5. The van der Waals surface area contributed by atoms with Gasteiger partial charge in [-0.15, -0.1) is 0 Å². The first kappa shape index (κ1) is 30.9. The number of rotatable bonds is 3. The number of hydrogen-bond acceptors (Lipinski definition) is 17. The van der Waals surface area contributed by atoms with Gasteiger partial charge in [-0.1, -0.05) is 0 Å². The topological polar surface area (TPSA) is 298 Å². The summed E-state index contributed by atoms with van der Waals surface area (Å²) in [7, 11) is -8.61. The highest BCUT2D eigenvalue weighted by molar-refractivity contribution is 7.84. The summed E-state index contributed by atoms with van der Waals surface area (Å²) in [6.07, 6.45) is -9.05. The smallest absolute Gasteiger partial charge is 0.382 e. The van der Waals surface area contributed by atoms with Gasteiger partial charge >= 0.3 is 18.1 Å². The molecular formula is C21H25FN11O11PS. The molecule has 9 atom stereocenters. The second kappa shape index (κ2) is 11.2. The van der Waals surface area contributed by atoms with E-state index in [1.165, 1.54) is 18.0 Å². The number of nitrogens with zero attached hydrogens (tertiary/aromatic N) is 7. The number of phosphoric acid groups is 1. The van der Waals surface area contributed by atoms with Crippen molar-refractivity contribution in [2.75, 3.05) is 31.7 Å². The summed E-state index contributed by atoms with van der Waals surface area (Å²) in [5, 5.41) is 0. The van der Waals surface area contributed by atoms with Crippen LogP contribution < -0.4 is 21.7 Å². The molecule has 2 bridgehead atoms. The predicted octanol–water partition coefficient (Wildman–Crippen LogP) is -1.99. The first-order valence-corrected chi connectivity index (χ1v) is 16.2. The van der Waals surface area contributed by atoms with E-state index in [2.05, 4.69) is 34.6 Å². The number of hydrogen-bond donors (Lipinski definition) is 5. The second-order valence-corrected chi connectivity index (χ2v) is 13.1. The fraction of sp³-hybridized carbons (Fsp3) is 0.524. The van der Waals surface area contributed by atoms with Gasteiger partial charge in [0.15, 0.2) is 47.4 Å². The molecule has 0 amide bonds. The lowest BCUT2D eigenvalue weighted by Gasteiger charge is -2.24. The molecule has 7 rings (SSSR count). The Morgan fingerprint density at radius 1 is 1.07 bits per heavy atom. The van der Waals surface area contributed by atoms with Crippen LogP contribution in [-0.4, -0.2) is 109 Å². The molecule has 7 heterocycles. The van der Waals surface area contributed by atoms with Crippen molar-refractivity contribution in [3.05, 3.63) is 29.3 Å². The van der Waals surface area contributed by atoms with E-state index in [0.717, 1.165) is 17.2 Å². The van der Waals surface area contributed by atoms with Gasteiger partial charge in [-0.3, -0.25) is 28.0 Å². The Morgan fingerprint density at radius 2 is 1.78 bits per heavy atom. The minimum Gasteiger partial charge on any atom is -0.382 e. The Labute approximate surface area is 256 Å². The van der Waals surface area contributed by atoms with Gasteiger partial charge in [0.1, 0.15) is 36.3 Å². The molecule has 248 valence electrons. The molecule has 22 nitrogen and oxygen atoms in total. The SMILES string of the molecule is CO[C@H]1[C@H]2OS(=O)(=O)NC[C@H]3O[C@@H](n4cnc5c(N)ncnc54)[C@H](F)[C@@H]3OP(=O)(O)OC[C@H]1O[C@H]2n1cnc2c(=O)[nH]c(N)nc21. The number of methoxy groups -OCH3 is 1. The van der Waals surface area contributed by atoms with Gasteiger partial charge in [-0.25, -0.2) is 33.1 Å². The van der Waals surface area contributed by atoms with Crippen molar-refractivity contribution in [3.8, 4) is 0 Å². The van der Waals surface area contributed by atoms with E-state index in [-0.39, 0.29) is 34.1 Å². The number of nitrogen functional groups attached to an aromatic ring is 2. The summed E-state index contributed by atoms with van der Waals surface area (Å²) >= 11 is 0. The number of nitrogens with one attached hydrogen (secondary N) is 2. The van der Waals surface area contributed by atoms with Crippen molar-refractivity contribution < 1.29 is 49.7 Å². The Hall–Kier alpha value is -3.71. The van der Waals surface area contributed by atoms with Gasteiger partial charge < -0.3 is 30.6 Å². The summed E-state index contributed by atoms with van der Waals surface area (Å²) in [5.41, 5.74) is 10.8. The third kappa shape index (κ3) is 5.30. The molecular weight excluding hydrogens is 664 g/mol. The number of aromatic amines is 1. The van der Waals surface area contributed by atoms with E-state index in [1.54, 1.807) is 0 Å². The van der Waals surface area contributed by atoms with Crippen LogP contribution in [0, 0.1) is 0 Å². The summed E-state index contributed by atoms with van der Waals surface area (Å²) in [6.45, 7) is -1.42. The first-order chi connectivity index (χ1) is 21.9. The molecule has 0 aromatic carbocycles. The molecule has 7 N–H and O–H groups in total. The number of anilines is 2. The lowest BCUT2D eigenvalue weighted by molar-refractivity contribution is -0.0572. The molecule has 0 aliphatic carbocycles. The van der Waals surface area contributed by atoms with Crippen LogP contribution in [0.1, 0.15) is 12.5 Å². The molecule has 25 heteroatoms. The number of alkyl halides is 1. The maximum absolute atomic E-state index is 16.0. The van der Waals surface area contributed by atoms with Crippen molar-refractivity contribution >= 4 is 52.2 Å². The van der Waals surface area contributed by atoms with Gasteiger partial charge in [0, 0.05) is 13.7 Å².